The van der Waals surface area contributed by atoms with Crippen LogP contribution >= 0.6 is 11.3 Å². The number of carbonyl (C=O) groups is 1. The van der Waals surface area contributed by atoms with Crippen LogP contribution in [0.5, 0.6) is 0 Å². The van der Waals surface area contributed by atoms with E-state index in [1.807, 2.05) is 6.07 Å². The molecule has 0 unspecified atom stereocenters. The lowest BCUT2D eigenvalue weighted by molar-refractivity contribution is 0.103. The summed E-state index contributed by atoms with van der Waals surface area (Å²) in [6.45, 7) is 2.11. The van der Waals surface area contributed by atoms with Gasteiger partial charge in [-0.25, -0.2) is 4.98 Å². The molecule has 1 heterocycles. The second-order valence-corrected chi connectivity index (χ2v) is 4.95. The van der Waals surface area contributed by atoms with Crippen LogP contribution < -0.4 is 11.1 Å². The number of rotatable bonds is 3. The molecule has 0 atom stereocenters. The maximum Gasteiger partial charge on any atom is 0.267 e. The Kier molecular flexibility index (Phi) is 3.90. The molecule has 5 nitrogen and oxygen atoms in total. The molecule has 0 radical (unpaired) electrons. The zero-order valence-electron chi connectivity index (χ0n) is 10.3. The number of nitrogens with zero attached hydrogens (tertiary/aromatic N) is 2. The Hall–Kier alpha value is -2.23. The number of thiazole rings is 1. The summed E-state index contributed by atoms with van der Waals surface area (Å²) in [7, 11) is 0. The van der Waals surface area contributed by atoms with Gasteiger partial charge in [0.1, 0.15) is 9.88 Å². The van der Waals surface area contributed by atoms with Gasteiger partial charge in [0, 0.05) is 12.2 Å². The normalized spacial score (nSPS) is 9.95. The Morgan fingerprint density at radius 2 is 2.16 bits per heavy atom. The summed E-state index contributed by atoms with van der Waals surface area (Å²) in [5.41, 5.74) is 7.38. The van der Waals surface area contributed by atoms with Crippen molar-refractivity contribution in [3.05, 3.63) is 45.4 Å². The maximum atomic E-state index is 12.1. The van der Waals surface area contributed by atoms with Gasteiger partial charge in [0.05, 0.1) is 17.3 Å². The van der Waals surface area contributed by atoms with Crippen molar-refractivity contribution in [3.8, 4) is 6.07 Å². The van der Waals surface area contributed by atoms with Crippen LogP contribution in [-0.4, -0.2) is 10.9 Å². The molecule has 0 aliphatic heterocycles. The Labute approximate surface area is 114 Å². The number of aromatic nitrogens is 1. The first kappa shape index (κ1) is 13.2. The van der Waals surface area contributed by atoms with Crippen LogP contribution in [-0.2, 0) is 6.54 Å². The SMILES string of the molecule is Cc1nc(CN)sc1C(=O)Nc1ccc(C#N)cc1. The number of anilines is 1. The first-order valence-electron chi connectivity index (χ1n) is 5.62. The Bertz CT molecular complexity index is 640. The molecule has 0 aliphatic carbocycles. The van der Waals surface area contributed by atoms with Gasteiger partial charge in [-0.1, -0.05) is 0 Å². The van der Waals surface area contributed by atoms with Crippen LogP contribution in [0.2, 0.25) is 0 Å². The molecule has 0 saturated heterocycles. The average molecular weight is 272 g/mol. The summed E-state index contributed by atoms with van der Waals surface area (Å²) in [6.07, 6.45) is 0. The second kappa shape index (κ2) is 5.61. The van der Waals surface area contributed by atoms with Crippen LogP contribution in [0.3, 0.4) is 0 Å². The number of carbonyl (C=O) groups excluding carboxylic acids is 1. The molecule has 0 fully saturated rings. The highest BCUT2D eigenvalue weighted by Gasteiger charge is 2.14. The standard InChI is InChI=1S/C13H12N4OS/c1-8-12(19-11(7-15)16-8)13(18)17-10-4-2-9(6-14)3-5-10/h2-5H,7,15H2,1H3,(H,17,18). The molecule has 96 valence electrons. The van der Waals surface area contributed by atoms with Crippen molar-refractivity contribution in [2.45, 2.75) is 13.5 Å². The number of nitrogens with two attached hydrogens (primary N) is 1. The van der Waals surface area contributed by atoms with Gasteiger partial charge in [-0.2, -0.15) is 5.26 Å². The third kappa shape index (κ3) is 2.96. The quantitative estimate of drug-likeness (QED) is 0.894. The van der Waals surface area contributed by atoms with Crippen molar-refractivity contribution >= 4 is 22.9 Å². The molecule has 3 N–H and O–H groups in total. The number of amides is 1. The minimum Gasteiger partial charge on any atom is -0.325 e. The molecular formula is C13H12N4OS. The van der Waals surface area contributed by atoms with Crippen molar-refractivity contribution < 1.29 is 4.79 Å². The summed E-state index contributed by atoms with van der Waals surface area (Å²) >= 11 is 1.29. The van der Waals surface area contributed by atoms with Gasteiger partial charge in [-0.05, 0) is 31.2 Å². The molecular weight excluding hydrogens is 260 g/mol. The second-order valence-electron chi connectivity index (χ2n) is 3.87. The van der Waals surface area contributed by atoms with Crippen LogP contribution in [0.15, 0.2) is 24.3 Å². The van der Waals surface area contributed by atoms with Gasteiger partial charge in [0.15, 0.2) is 0 Å². The Morgan fingerprint density at radius 1 is 1.47 bits per heavy atom. The highest BCUT2D eigenvalue weighted by atomic mass is 32.1. The summed E-state index contributed by atoms with van der Waals surface area (Å²) in [4.78, 5) is 16.8. The molecule has 0 saturated carbocycles. The number of hydrogen-bond donors (Lipinski definition) is 2. The smallest absolute Gasteiger partial charge is 0.267 e. The largest absolute Gasteiger partial charge is 0.325 e. The lowest BCUT2D eigenvalue weighted by atomic mass is 10.2. The lowest BCUT2D eigenvalue weighted by Gasteiger charge is -2.03. The van der Waals surface area contributed by atoms with Crippen LogP contribution in [0.25, 0.3) is 0 Å². The fraction of sp³-hybridized carbons (Fsp3) is 0.154. The average Bonchev–Trinajstić information content (AvgIpc) is 2.81. The molecule has 0 spiro atoms. The minimum absolute atomic E-state index is 0.209. The predicted octanol–water partition coefficient (Wildman–Crippen LogP) is 2.03. The monoisotopic (exact) mass is 272 g/mol. The lowest BCUT2D eigenvalue weighted by Crippen LogP contribution is -2.11. The zero-order chi connectivity index (χ0) is 13.8. The van der Waals surface area contributed by atoms with Gasteiger partial charge < -0.3 is 11.1 Å². The third-order valence-corrected chi connectivity index (χ3v) is 3.67. The van der Waals surface area contributed by atoms with E-state index in [0.29, 0.717) is 28.4 Å². The summed E-state index contributed by atoms with van der Waals surface area (Å²) in [5.74, 6) is -0.209. The number of nitriles is 1. The zero-order valence-corrected chi connectivity index (χ0v) is 11.1. The third-order valence-electron chi connectivity index (χ3n) is 2.49. The molecule has 1 amide bonds. The Balaban J connectivity index is 2.16. The van der Waals surface area contributed by atoms with Gasteiger partial charge >= 0.3 is 0 Å². The van der Waals surface area contributed by atoms with Crippen LogP contribution in [0.4, 0.5) is 5.69 Å². The number of hydrogen-bond acceptors (Lipinski definition) is 5. The summed E-state index contributed by atoms with van der Waals surface area (Å²) in [5, 5.41) is 12.2. The van der Waals surface area contributed by atoms with E-state index in [-0.39, 0.29) is 5.91 Å². The van der Waals surface area contributed by atoms with Crippen molar-refractivity contribution in [3.63, 3.8) is 0 Å². The summed E-state index contributed by atoms with van der Waals surface area (Å²) < 4.78 is 0. The van der Waals surface area contributed by atoms with E-state index in [1.165, 1.54) is 11.3 Å². The minimum atomic E-state index is -0.209. The first-order chi connectivity index (χ1) is 9.13. The van der Waals surface area contributed by atoms with E-state index < -0.39 is 0 Å². The molecule has 19 heavy (non-hydrogen) atoms. The van der Waals surface area contributed by atoms with Crippen molar-refractivity contribution in [1.29, 1.82) is 5.26 Å². The number of benzene rings is 1. The van der Waals surface area contributed by atoms with E-state index in [4.69, 9.17) is 11.0 Å². The van der Waals surface area contributed by atoms with Crippen LogP contribution in [0.1, 0.15) is 25.9 Å². The van der Waals surface area contributed by atoms with E-state index in [0.717, 1.165) is 5.01 Å². The number of nitrogens with one attached hydrogen (secondary N) is 1. The van der Waals surface area contributed by atoms with Crippen molar-refractivity contribution in [2.75, 3.05) is 5.32 Å². The van der Waals surface area contributed by atoms with Crippen molar-refractivity contribution in [1.82, 2.24) is 4.98 Å². The molecule has 0 bridgehead atoms. The topological polar surface area (TPSA) is 91.8 Å². The fourth-order valence-corrected chi connectivity index (χ4v) is 2.40. The fourth-order valence-electron chi connectivity index (χ4n) is 1.57. The molecule has 1 aromatic heterocycles. The highest BCUT2D eigenvalue weighted by molar-refractivity contribution is 7.13. The predicted molar refractivity (Wildman–Crippen MR) is 73.9 cm³/mol. The summed E-state index contributed by atoms with van der Waals surface area (Å²) in [6, 6.07) is 8.71. The highest BCUT2D eigenvalue weighted by Crippen LogP contribution is 2.19. The molecule has 0 aliphatic rings. The molecule has 2 aromatic rings. The van der Waals surface area contributed by atoms with E-state index >= 15 is 0 Å². The van der Waals surface area contributed by atoms with Crippen molar-refractivity contribution in [2.24, 2.45) is 5.73 Å². The van der Waals surface area contributed by atoms with E-state index in [1.54, 1.807) is 31.2 Å². The molecule has 6 heteroatoms. The van der Waals surface area contributed by atoms with Gasteiger partial charge in [-0.15, -0.1) is 11.3 Å². The first-order valence-corrected chi connectivity index (χ1v) is 6.43. The maximum absolute atomic E-state index is 12.1. The van der Waals surface area contributed by atoms with Gasteiger partial charge in [-0.3, -0.25) is 4.79 Å². The molecule has 2 rings (SSSR count). The van der Waals surface area contributed by atoms with Crippen LogP contribution in [0, 0.1) is 18.3 Å². The van der Waals surface area contributed by atoms with E-state index in [9.17, 15) is 4.79 Å². The molecule has 1 aromatic carbocycles. The van der Waals surface area contributed by atoms with E-state index in [2.05, 4.69) is 10.3 Å². The number of aryl methyl sites for hydroxylation is 1. The van der Waals surface area contributed by atoms with Gasteiger partial charge in [0.25, 0.3) is 5.91 Å². The Morgan fingerprint density at radius 3 is 2.68 bits per heavy atom. The van der Waals surface area contributed by atoms with Gasteiger partial charge in [0.2, 0.25) is 0 Å².